The maximum absolute atomic E-state index is 12.9. The molecule has 1 aliphatic carbocycles. The molecule has 4 nitrogen and oxygen atoms in total. The Kier molecular flexibility index (Phi) is 4.63. The zero-order valence-electron chi connectivity index (χ0n) is 13.1. The van der Waals surface area contributed by atoms with Gasteiger partial charge in [-0.25, -0.2) is 0 Å². The molecule has 116 valence electrons. The van der Waals surface area contributed by atoms with Gasteiger partial charge in [-0.05, 0) is 50.9 Å². The normalized spacial score (nSPS) is 21.4. The average Bonchev–Trinajstić information content (AvgIpc) is 3.04. The molecule has 0 radical (unpaired) electrons. The summed E-state index contributed by atoms with van der Waals surface area (Å²) in [6, 6.07) is 4.91. The van der Waals surface area contributed by atoms with Gasteiger partial charge in [0.15, 0.2) is 0 Å². The van der Waals surface area contributed by atoms with Crippen molar-refractivity contribution in [3.63, 3.8) is 0 Å². The molecule has 1 aromatic rings. The van der Waals surface area contributed by atoms with E-state index in [1.54, 1.807) is 0 Å². The Morgan fingerprint density at radius 2 is 1.90 bits per heavy atom. The van der Waals surface area contributed by atoms with Gasteiger partial charge < -0.3 is 14.8 Å². The molecule has 3 rings (SSSR count). The van der Waals surface area contributed by atoms with E-state index in [1.165, 1.54) is 19.3 Å². The molecule has 0 unspecified atom stereocenters. The van der Waals surface area contributed by atoms with E-state index >= 15 is 0 Å². The first kappa shape index (κ1) is 14.6. The maximum Gasteiger partial charge on any atom is 0.270 e. The quantitative estimate of drug-likeness (QED) is 0.929. The van der Waals surface area contributed by atoms with Crippen molar-refractivity contribution in [2.45, 2.75) is 57.0 Å². The van der Waals surface area contributed by atoms with E-state index in [4.69, 9.17) is 0 Å². The smallest absolute Gasteiger partial charge is 0.270 e. The molecule has 1 saturated carbocycles. The highest BCUT2D eigenvalue weighted by molar-refractivity contribution is 5.92. The van der Waals surface area contributed by atoms with Crippen molar-refractivity contribution >= 4 is 5.91 Å². The van der Waals surface area contributed by atoms with Gasteiger partial charge in [0.25, 0.3) is 5.91 Å². The molecule has 1 aromatic heterocycles. The molecule has 0 aromatic carbocycles. The second-order valence-electron chi connectivity index (χ2n) is 6.49. The van der Waals surface area contributed by atoms with Crippen LogP contribution in [0.2, 0.25) is 0 Å². The molecular weight excluding hydrogens is 262 g/mol. The first-order chi connectivity index (χ1) is 10.3. The highest BCUT2D eigenvalue weighted by Crippen LogP contribution is 2.25. The van der Waals surface area contributed by atoms with Gasteiger partial charge in [-0.3, -0.25) is 4.79 Å². The van der Waals surface area contributed by atoms with E-state index in [2.05, 4.69) is 16.1 Å². The number of hydrogen-bond acceptors (Lipinski definition) is 2. The second kappa shape index (κ2) is 6.65. The number of nitrogens with one attached hydrogen (secondary N) is 1. The van der Waals surface area contributed by atoms with Crippen LogP contribution in [0.1, 0.15) is 61.5 Å². The highest BCUT2D eigenvalue weighted by Gasteiger charge is 2.26. The van der Waals surface area contributed by atoms with Crippen molar-refractivity contribution in [1.29, 1.82) is 0 Å². The van der Waals surface area contributed by atoms with Crippen molar-refractivity contribution in [2.75, 3.05) is 20.1 Å². The molecule has 2 fully saturated rings. The molecule has 1 saturated heterocycles. The third-order valence-corrected chi connectivity index (χ3v) is 5.14. The first-order valence-electron chi connectivity index (χ1n) is 8.42. The zero-order chi connectivity index (χ0) is 14.7. The lowest BCUT2D eigenvalue weighted by Crippen LogP contribution is -2.40. The van der Waals surface area contributed by atoms with Crippen LogP contribution in [0.25, 0.3) is 0 Å². The third-order valence-electron chi connectivity index (χ3n) is 5.14. The molecule has 0 spiro atoms. The Balaban J connectivity index is 1.73. The molecule has 1 amide bonds. The second-order valence-corrected chi connectivity index (χ2v) is 6.49. The fourth-order valence-electron chi connectivity index (χ4n) is 3.79. The molecule has 2 aliphatic rings. The van der Waals surface area contributed by atoms with E-state index in [0.717, 1.165) is 44.5 Å². The van der Waals surface area contributed by atoms with Gasteiger partial charge in [-0.1, -0.05) is 19.3 Å². The summed E-state index contributed by atoms with van der Waals surface area (Å²) in [5, 5.41) is 3.39. The van der Waals surface area contributed by atoms with Gasteiger partial charge in [0.2, 0.25) is 0 Å². The lowest BCUT2D eigenvalue weighted by atomic mass is 9.94. The summed E-state index contributed by atoms with van der Waals surface area (Å²) in [5.41, 5.74) is 0.870. The first-order valence-corrected chi connectivity index (χ1v) is 8.42. The Bertz CT molecular complexity index is 470. The predicted molar refractivity (Wildman–Crippen MR) is 84.5 cm³/mol. The highest BCUT2D eigenvalue weighted by atomic mass is 16.2. The minimum atomic E-state index is 0.199. The number of carbonyl (C=O) groups is 1. The maximum atomic E-state index is 12.9. The third kappa shape index (κ3) is 3.15. The van der Waals surface area contributed by atoms with E-state index in [1.807, 2.05) is 24.1 Å². The molecule has 21 heavy (non-hydrogen) atoms. The van der Waals surface area contributed by atoms with Gasteiger partial charge in [0.1, 0.15) is 5.69 Å². The van der Waals surface area contributed by atoms with Crippen LogP contribution in [0.15, 0.2) is 18.3 Å². The van der Waals surface area contributed by atoms with E-state index in [9.17, 15) is 4.79 Å². The Hall–Kier alpha value is -1.29. The fourth-order valence-corrected chi connectivity index (χ4v) is 3.79. The average molecular weight is 289 g/mol. The standard InChI is InChI=1S/C17H27N3O/c1-19(14-6-3-2-4-7-14)17(21)16-8-5-13-20(16)15-9-11-18-12-10-15/h5,8,13-15,18H,2-4,6-7,9-12H2,1H3. The Morgan fingerprint density at radius 3 is 2.62 bits per heavy atom. The van der Waals surface area contributed by atoms with E-state index in [-0.39, 0.29) is 5.91 Å². The van der Waals surface area contributed by atoms with Crippen molar-refractivity contribution in [2.24, 2.45) is 0 Å². The monoisotopic (exact) mass is 289 g/mol. The number of amides is 1. The number of hydrogen-bond donors (Lipinski definition) is 1. The Morgan fingerprint density at radius 1 is 1.19 bits per heavy atom. The minimum absolute atomic E-state index is 0.199. The fraction of sp³-hybridized carbons (Fsp3) is 0.706. The topological polar surface area (TPSA) is 37.3 Å². The molecule has 4 heteroatoms. The number of carbonyl (C=O) groups excluding carboxylic acids is 1. The van der Waals surface area contributed by atoms with Crippen molar-refractivity contribution in [3.05, 3.63) is 24.0 Å². The van der Waals surface area contributed by atoms with Crippen LogP contribution in [0.3, 0.4) is 0 Å². The van der Waals surface area contributed by atoms with E-state index < -0.39 is 0 Å². The Labute approximate surface area is 127 Å². The lowest BCUT2D eigenvalue weighted by molar-refractivity contribution is 0.0681. The zero-order valence-corrected chi connectivity index (χ0v) is 13.1. The van der Waals surface area contributed by atoms with Crippen molar-refractivity contribution in [1.82, 2.24) is 14.8 Å². The van der Waals surface area contributed by atoms with Crippen LogP contribution in [0.5, 0.6) is 0 Å². The summed E-state index contributed by atoms with van der Waals surface area (Å²) >= 11 is 0. The number of piperidine rings is 1. The lowest BCUT2D eigenvalue weighted by Gasteiger charge is -2.32. The summed E-state index contributed by atoms with van der Waals surface area (Å²) in [5.74, 6) is 0.199. The van der Waals surface area contributed by atoms with Gasteiger partial charge in [0, 0.05) is 25.3 Å². The van der Waals surface area contributed by atoms with Gasteiger partial charge >= 0.3 is 0 Å². The molecule has 1 N–H and O–H groups in total. The number of rotatable bonds is 3. The summed E-state index contributed by atoms with van der Waals surface area (Å²) in [6.07, 6.45) is 10.5. The van der Waals surface area contributed by atoms with Crippen LogP contribution in [0.4, 0.5) is 0 Å². The van der Waals surface area contributed by atoms with Gasteiger partial charge in [0.05, 0.1) is 0 Å². The summed E-state index contributed by atoms with van der Waals surface area (Å²) in [7, 11) is 1.98. The van der Waals surface area contributed by atoms with E-state index in [0.29, 0.717) is 12.1 Å². The summed E-state index contributed by atoms with van der Waals surface area (Å²) < 4.78 is 2.21. The number of nitrogens with zero attached hydrogens (tertiary/aromatic N) is 2. The van der Waals surface area contributed by atoms with Gasteiger partial charge in [-0.2, -0.15) is 0 Å². The van der Waals surface area contributed by atoms with Crippen LogP contribution >= 0.6 is 0 Å². The summed E-state index contributed by atoms with van der Waals surface area (Å²) in [6.45, 7) is 2.10. The van der Waals surface area contributed by atoms with Crippen LogP contribution in [-0.4, -0.2) is 41.6 Å². The van der Waals surface area contributed by atoms with Gasteiger partial charge in [-0.15, -0.1) is 0 Å². The summed E-state index contributed by atoms with van der Waals surface area (Å²) in [4.78, 5) is 14.9. The molecule has 2 heterocycles. The predicted octanol–water partition coefficient (Wildman–Crippen LogP) is 2.82. The number of aromatic nitrogens is 1. The van der Waals surface area contributed by atoms with Crippen LogP contribution in [-0.2, 0) is 0 Å². The van der Waals surface area contributed by atoms with Crippen molar-refractivity contribution < 1.29 is 4.79 Å². The SMILES string of the molecule is CN(C(=O)c1cccn1C1CCNCC1)C1CCCCC1. The minimum Gasteiger partial charge on any atom is -0.340 e. The molecule has 0 atom stereocenters. The van der Waals surface area contributed by atoms with Crippen LogP contribution in [0, 0.1) is 0 Å². The van der Waals surface area contributed by atoms with Crippen LogP contribution < -0.4 is 5.32 Å². The molecule has 0 bridgehead atoms. The van der Waals surface area contributed by atoms with Crippen molar-refractivity contribution in [3.8, 4) is 0 Å². The molecule has 1 aliphatic heterocycles. The largest absolute Gasteiger partial charge is 0.340 e. The molecular formula is C17H27N3O.